The fourth-order valence-corrected chi connectivity index (χ4v) is 3.93. The molecule has 0 spiro atoms. The summed E-state index contributed by atoms with van der Waals surface area (Å²) in [4.78, 5) is 15.6. The van der Waals surface area contributed by atoms with Crippen molar-refractivity contribution in [2.24, 2.45) is 0 Å². The Hall–Kier alpha value is -2.74. The van der Waals surface area contributed by atoms with Gasteiger partial charge in [0.2, 0.25) is 0 Å². The molecule has 7 nitrogen and oxygen atoms in total. The van der Waals surface area contributed by atoms with Crippen molar-refractivity contribution in [3.63, 3.8) is 0 Å². The summed E-state index contributed by atoms with van der Waals surface area (Å²) >= 11 is 1.37. The number of tetrazole rings is 1. The minimum atomic E-state index is -0.158. The standard InChI is InChI=1S/C17H18N6OS/c1-12-10-13(4-5-14(12)22-7-2-3-8-22)19-17(24)16-15(6-9-25-16)23-11-18-20-21-23/h4-6,9-11H,2-3,7-8H2,1H3,(H,19,24). The monoisotopic (exact) mass is 354 g/mol. The van der Waals surface area contributed by atoms with Gasteiger partial charge < -0.3 is 10.2 Å². The lowest BCUT2D eigenvalue weighted by molar-refractivity contribution is 0.103. The minimum absolute atomic E-state index is 0.158. The number of amides is 1. The molecule has 1 fully saturated rings. The van der Waals surface area contributed by atoms with Crippen molar-refractivity contribution < 1.29 is 4.79 Å². The molecule has 0 saturated carbocycles. The second kappa shape index (κ2) is 6.64. The van der Waals surface area contributed by atoms with Gasteiger partial charge in [-0.05, 0) is 65.4 Å². The Morgan fingerprint density at radius 2 is 2.04 bits per heavy atom. The van der Waals surface area contributed by atoms with Crippen LogP contribution in [0.5, 0.6) is 0 Å². The second-order valence-corrected chi connectivity index (χ2v) is 6.96. The van der Waals surface area contributed by atoms with Gasteiger partial charge in [-0.1, -0.05) is 0 Å². The van der Waals surface area contributed by atoms with Crippen molar-refractivity contribution in [2.45, 2.75) is 19.8 Å². The molecule has 0 radical (unpaired) electrons. The van der Waals surface area contributed by atoms with Crippen LogP contribution < -0.4 is 10.2 Å². The predicted molar refractivity (Wildman–Crippen MR) is 97.6 cm³/mol. The van der Waals surface area contributed by atoms with Crippen molar-refractivity contribution in [1.29, 1.82) is 0 Å². The summed E-state index contributed by atoms with van der Waals surface area (Å²) in [5.41, 5.74) is 3.90. The normalized spacial score (nSPS) is 14.0. The van der Waals surface area contributed by atoms with Gasteiger partial charge >= 0.3 is 0 Å². The average Bonchev–Trinajstić information content (AvgIpc) is 3.35. The van der Waals surface area contributed by atoms with Gasteiger partial charge in [0.1, 0.15) is 11.2 Å². The average molecular weight is 354 g/mol. The van der Waals surface area contributed by atoms with Crippen LogP contribution in [0.25, 0.3) is 5.69 Å². The van der Waals surface area contributed by atoms with Gasteiger partial charge in [0.15, 0.2) is 0 Å². The fraction of sp³-hybridized carbons (Fsp3) is 0.294. The summed E-state index contributed by atoms with van der Waals surface area (Å²) in [5, 5.41) is 15.9. The van der Waals surface area contributed by atoms with Crippen LogP contribution in [-0.4, -0.2) is 39.2 Å². The Kier molecular flexibility index (Phi) is 4.19. The number of nitrogens with one attached hydrogen (secondary N) is 1. The van der Waals surface area contributed by atoms with Crippen molar-refractivity contribution in [1.82, 2.24) is 20.2 Å². The van der Waals surface area contributed by atoms with E-state index in [-0.39, 0.29) is 5.91 Å². The topological polar surface area (TPSA) is 75.9 Å². The van der Waals surface area contributed by atoms with Crippen LogP contribution in [0.3, 0.4) is 0 Å². The highest BCUT2D eigenvalue weighted by Crippen LogP contribution is 2.28. The number of thiophene rings is 1. The quantitative estimate of drug-likeness (QED) is 0.780. The van der Waals surface area contributed by atoms with Crippen molar-refractivity contribution in [3.05, 3.63) is 46.4 Å². The van der Waals surface area contributed by atoms with Crippen LogP contribution in [0.4, 0.5) is 11.4 Å². The molecule has 1 aliphatic heterocycles. The van der Waals surface area contributed by atoms with Gasteiger partial charge in [0.05, 0.1) is 5.69 Å². The summed E-state index contributed by atoms with van der Waals surface area (Å²) < 4.78 is 1.49. The SMILES string of the molecule is Cc1cc(NC(=O)c2sccc2-n2cnnn2)ccc1N1CCCC1. The molecule has 1 amide bonds. The lowest BCUT2D eigenvalue weighted by Gasteiger charge is -2.20. The van der Waals surface area contributed by atoms with Crippen molar-refractivity contribution >= 4 is 28.6 Å². The zero-order valence-electron chi connectivity index (χ0n) is 13.8. The highest BCUT2D eigenvalue weighted by molar-refractivity contribution is 7.12. The molecule has 3 heterocycles. The zero-order chi connectivity index (χ0) is 17.2. The van der Waals surface area contributed by atoms with E-state index < -0.39 is 0 Å². The molecule has 4 rings (SSSR count). The van der Waals surface area contributed by atoms with Crippen LogP contribution in [-0.2, 0) is 0 Å². The third kappa shape index (κ3) is 3.12. The highest BCUT2D eigenvalue weighted by atomic mass is 32.1. The predicted octanol–water partition coefficient (Wildman–Crippen LogP) is 2.88. The van der Waals surface area contributed by atoms with Crippen LogP contribution >= 0.6 is 11.3 Å². The Morgan fingerprint density at radius 1 is 1.20 bits per heavy atom. The summed E-state index contributed by atoms with van der Waals surface area (Å²) in [6.07, 6.45) is 3.97. The first-order valence-electron chi connectivity index (χ1n) is 8.20. The molecule has 0 bridgehead atoms. The number of nitrogens with zero attached hydrogens (tertiary/aromatic N) is 5. The van der Waals surface area contributed by atoms with Crippen molar-refractivity contribution in [3.8, 4) is 5.69 Å². The maximum atomic E-state index is 12.7. The molecule has 0 aliphatic carbocycles. The number of aryl methyl sites for hydroxylation is 1. The molecule has 1 aromatic carbocycles. The van der Waals surface area contributed by atoms with Crippen molar-refractivity contribution in [2.75, 3.05) is 23.3 Å². The van der Waals surface area contributed by atoms with E-state index in [2.05, 4.69) is 38.7 Å². The lowest BCUT2D eigenvalue weighted by Crippen LogP contribution is -2.19. The summed E-state index contributed by atoms with van der Waals surface area (Å²) in [5.74, 6) is -0.158. The summed E-state index contributed by atoms with van der Waals surface area (Å²) in [6, 6.07) is 7.91. The first-order chi connectivity index (χ1) is 12.2. The largest absolute Gasteiger partial charge is 0.371 e. The molecular formula is C17H18N6OS. The molecule has 0 atom stereocenters. The molecule has 1 saturated heterocycles. The summed E-state index contributed by atoms with van der Waals surface area (Å²) in [7, 11) is 0. The van der Waals surface area contributed by atoms with Gasteiger partial charge in [-0.25, -0.2) is 0 Å². The molecule has 3 aromatic rings. The van der Waals surface area contributed by atoms with Gasteiger partial charge in [-0.2, -0.15) is 4.68 Å². The van der Waals surface area contributed by atoms with E-state index in [0.29, 0.717) is 10.6 Å². The summed E-state index contributed by atoms with van der Waals surface area (Å²) in [6.45, 7) is 4.30. The molecule has 1 aliphatic rings. The number of hydrogen-bond donors (Lipinski definition) is 1. The third-order valence-corrected chi connectivity index (χ3v) is 5.25. The van der Waals surface area contributed by atoms with E-state index in [9.17, 15) is 4.79 Å². The number of carbonyl (C=O) groups excluding carboxylic acids is 1. The number of rotatable bonds is 4. The van der Waals surface area contributed by atoms with E-state index in [1.165, 1.54) is 46.4 Å². The maximum Gasteiger partial charge on any atom is 0.267 e. The first-order valence-corrected chi connectivity index (χ1v) is 9.08. The zero-order valence-corrected chi connectivity index (χ0v) is 14.7. The number of anilines is 2. The Morgan fingerprint density at radius 3 is 2.76 bits per heavy atom. The second-order valence-electron chi connectivity index (χ2n) is 6.04. The van der Waals surface area contributed by atoms with Gasteiger partial charge in [0, 0.05) is 24.5 Å². The van der Waals surface area contributed by atoms with E-state index in [4.69, 9.17) is 0 Å². The third-order valence-electron chi connectivity index (χ3n) is 4.35. The first kappa shape index (κ1) is 15.8. The van der Waals surface area contributed by atoms with Gasteiger partial charge in [-0.3, -0.25) is 4.79 Å². The molecule has 128 valence electrons. The number of benzene rings is 1. The van der Waals surface area contributed by atoms with Crippen LogP contribution in [0.15, 0.2) is 36.0 Å². The smallest absolute Gasteiger partial charge is 0.267 e. The molecule has 1 N–H and O–H groups in total. The molecule has 25 heavy (non-hydrogen) atoms. The van der Waals surface area contributed by atoms with E-state index >= 15 is 0 Å². The highest BCUT2D eigenvalue weighted by Gasteiger charge is 2.17. The van der Waals surface area contributed by atoms with Crippen LogP contribution in [0.1, 0.15) is 28.1 Å². The molecule has 8 heteroatoms. The van der Waals surface area contributed by atoms with E-state index in [1.807, 2.05) is 23.6 Å². The number of aromatic nitrogens is 4. The van der Waals surface area contributed by atoms with Gasteiger partial charge in [-0.15, -0.1) is 16.4 Å². The fourth-order valence-electron chi connectivity index (χ4n) is 3.16. The van der Waals surface area contributed by atoms with Crippen LogP contribution in [0, 0.1) is 6.92 Å². The maximum absolute atomic E-state index is 12.7. The van der Waals surface area contributed by atoms with E-state index in [0.717, 1.165) is 18.8 Å². The lowest BCUT2D eigenvalue weighted by atomic mass is 10.1. The Labute approximate surface area is 149 Å². The van der Waals surface area contributed by atoms with Crippen LogP contribution in [0.2, 0.25) is 0 Å². The minimum Gasteiger partial charge on any atom is -0.371 e. The number of hydrogen-bond acceptors (Lipinski definition) is 6. The van der Waals surface area contributed by atoms with E-state index in [1.54, 1.807) is 0 Å². The molecule has 0 unspecified atom stereocenters. The van der Waals surface area contributed by atoms with Gasteiger partial charge in [0.25, 0.3) is 5.91 Å². The molecular weight excluding hydrogens is 336 g/mol. The number of carbonyl (C=O) groups is 1. The molecule has 2 aromatic heterocycles. The Bertz CT molecular complexity index is 882. The Balaban J connectivity index is 1.54.